The van der Waals surface area contributed by atoms with Crippen LogP contribution < -0.4 is 10.6 Å². The first-order valence-electron chi connectivity index (χ1n) is 5.08. The van der Waals surface area contributed by atoms with E-state index in [-0.39, 0.29) is 11.7 Å². The SMILES string of the molecule is CCNC(=O)CNCc1ccc(O)c(Br)c1. The molecule has 0 fully saturated rings. The predicted molar refractivity (Wildman–Crippen MR) is 66.2 cm³/mol. The number of phenols is 1. The van der Waals surface area contributed by atoms with Crippen LogP contribution in [0.1, 0.15) is 12.5 Å². The summed E-state index contributed by atoms with van der Waals surface area (Å²) in [6, 6.07) is 5.25. The van der Waals surface area contributed by atoms with Crippen molar-refractivity contribution in [2.24, 2.45) is 0 Å². The molecular formula is C11H15BrN2O2. The molecule has 88 valence electrons. The van der Waals surface area contributed by atoms with Crippen molar-refractivity contribution in [1.29, 1.82) is 0 Å². The van der Waals surface area contributed by atoms with E-state index in [1.165, 1.54) is 0 Å². The van der Waals surface area contributed by atoms with Gasteiger partial charge in [-0.25, -0.2) is 0 Å². The molecule has 5 heteroatoms. The molecule has 1 aromatic carbocycles. The summed E-state index contributed by atoms with van der Waals surface area (Å²) in [7, 11) is 0. The maximum absolute atomic E-state index is 11.1. The van der Waals surface area contributed by atoms with Crippen LogP contribution in [0.4, 0.5) is 0 Å². The Balaban J connectivity index is 2.37. The van der Waals surface area contributed by atoms with Gasteiger partial charge in [-0.3, -0.25) is 4.79 Å². The van der Waals surface area contributed by atoms with Gasteiger partial charge in [-0.05, 0) is 40.5 Å². The Morgan fingerprint density at radius 1 is 1.50 bits per heavy atom. The smallest absolute Gasteiger partial charge is 0.233 e. The van der Waals surface area contributed by atoms with Gasteiger partial charge < -0.3 is 15.7 Å². The van der Waals surface area contributed by atoms with Crippen molar-refractivity contribution in [3.8, 4) is 5.75 Å². The van der Waals surface area contributed by atoms with Crippen LogP contribution in [0.25, 0.3) is 0 Å². The largest absolute Gasteiger partial charge is 0.507 e. The first-order valence-corrected chi connectivity index (χ1v) is 5.87. The Kier molecular flexibility index (Phi) is 5.28. The molecule has 0 bridgehead atoms. The molecule has 1 rings (SSSR count). The Morgan fingerprint density at radius 2 is 2.25 bits per heavy atom. The summed E-state index contributed by atoms with van der Waals surface area (Å²) in [5.41, 5.74) is 1.01. The van der Waals surface area contributed by atoms with Crippen LogP contribution in [-0.2, 0) is 11.3 Å². The van der Waals surface area contributed by atoms with Gasteiger partial charge in [-0.1, -0.05) is 6.07 Å². The minimum atomic E-state index is -0.0136. The van der Waals surface area contributed by atoms with Crippen LogP contribution in [0.3, 0.4) is 0 Å². The van der Waals surface area contributed by atoms with Gasteiger partial charge in [-0.2, -0.15) is 0 Å². The Bertz CT molecular complexity index is 369. The summed E-state index contributed by atoms with van der Waals surface area (Å²) in [4.78, 5) is 11.1. The van der Waals surface area contributed by atoms with Crippen molar-refractivity contribution in [3.63, 3.8) is 0 Å². The van der Waals surface area contributed by atoms with Gasteiger partial charge in [0.1, 0.15) is 5.75 Å². The van der Waals surface area contributed by atoms with Crippen molar-refractivity contribution in [2.75, 3.05) is 13.1 Å². The number of hydrogen-bond donors (Lipinski definition) is 3. The molecule has 0 aliphatic heterocycles. The zero-order valence-electron chi connectivity index (χ0n) is 9.09. The highest BCUT2D eigenvalue weighted by molar-refractivity contribution is 9.10. The molecular weight excluding hydrogens is 272 g/mol. The zero-order chi connectivity index (χ0) is 12.0. The quantitative estimate of drug-likeness (QED) is 0.766. The van der Waals surface area contributed by atoms with Gasteiger partial charge >= 0.3 is 0 Å². The lowest BCUT2D eigenvalue weighted by molar-refractivity contribution is -0.120. The molecule has 3 N–H and O–H groups in total. The minimum Gasteiger partial charge on any atom is -0.507 e. The standard InChI is InChI=1S/C11H15BrN2O2/c1-2-14-11(16)7-13-6-8-3-4-10(15)9(12)5-8/h3-5,13,15H,2,6-7H2,1H3,(H,14,16). The van der Waals surface area contributed by atoms with Gasteiger partial charge in [0.05, 0.1) is 11.0 Å². The number of nitrogens with one attached hydrogen (secondary N) is 2. The van der Waals surface area contributed by atoms with Crippen molar-refractivity contribution in [3.05, 3.63) is 28.2 Å². The van der Waals surface area contributed by atoms with E-state index < -0.39 is 0 Å². The van der Waals surface area contributed by atoms with Crippen LogP contribution in [0.5, 0.6) is 5.75 Å². The number of aromatic hydroxyl groups is 1. The van der Waals surface area contributed by atoms with Crippen LogP contribution >= 0.6 is 15.9 Å². The Hall–Kier alpha value is -1.07. The van der Waals surface area contributed by atoms with E-state index >= 15 is 0 Å². The van der Waals surface area contributed by atoms with Gasteiger partial charge in [0, 0.05) is 13.1 Å². The van der Waals surface area contributed by atoms with Crippen LogP contribution in [0.2, 0.25) is 0 Å². The van der Waals surface area contributed by atoms with Crippen LogP contribution in [0.15, 0.2) is 22.7 Å². The summed E-state index contributed by atoms with van der Waals surface area (Å²) in [6.07, 6.45) is 0. The highest BCUT2D eigenvalue weighted by Gasteiger charge is 2.01. The number of rotatable bonds is 5. The number of amides is 1. The molecule has 0 aliphatic carbocycles. The normalized spacial score (nSPS) is 10.1. The van der Waals surface area contributed by atoms with E-state index in [2.05, 4.69) is 26.6 Å². The molecule has 4 nitrogen and oxygen atoms in total. The van der Waals surface area contributed by atoms with Gasteiger partial charge in [0.25, 0.3) is 0 Å². The van der Waals surface area contributed by atoms with E-state index in [9.17, 15) is 9.90 Å². The van der Waals surface area contributed by atoms with Crippen molar-refractivity contribution < 1.29 is 9.90 Å². The molecule has 0 heterocycles. The van der Waals surface area contributed by atoms with Crippen LogP contribution in [-0.4, -0.2) is 24.1 Å². The molecule has 1 amide bonds. The van der Waals surface area contributed by atoms with E-state index in [0.29, 0.717) is 24.1 Å². The average Bonchev–Trinajstić information content (AvgIpc) is 2.24. The van der Waals surface area contributed by atoms with Gasteiger partial charge in [0.15, 0.2) is 0 Å². The summed E-state index contributed by atoms with van der Waals surface area (Å²) in [5, 5.41) is 15.0. The average molecular weight is 287 g/mol. The first-order chi connectivity index (χ1) is 7.63. The Morgan fingerprint density at radius 3 is 2.88 bits per heavy atom. The third-order valence-corrected chi connectivity index (χ3v) is 2.64. The van der Waals surface area contributed by atoms with Crippen LogP contribution in [0, 0.1) is 0 Å². The number of likely N-dealkylation sites (N-methyl/N-ethyl adjacent to an activating group) is 1. The number of carbonyl (C=O) groups is 1. The molecule has 1 aromatic rings. The fourth-order valence-electron chi connectivity index (χ4n) is 1.24. The summed E-state index contributed by atoms with van der Waals surface area (Å²) >= 11 is 3.23. The third kappa shape index (κ3) is 4.20. The maximum Gasteiger partial charge on any atom is 0.233 e. The van der Waals surface area contributed by atoms with Crippen molar-refractivity contribution in [2.45, 2.75) is 13.5 Å². The molecule has 0 radical (unpaired) electrons. The lowest BCUT2D eigenvalue weighted by Gasteiger charge is -2.06. The van der Waals surface area contributed by atoms with E-state index in [1.54, 1.807) is 6.07 Å². The minimum absolute atomic E-state index is 0.0136. The van der Waals surface area contributed by atoms with Gasteiger partial charge in [-0.15, -0.1) is 0 Å². The monoisotopic (exact) mass is 286 g/mol. The van der Waals surface area contributed by atoms with Gasteiger partial charge in [0.2, 0.25) is 5.91 Å². The zero-order valence-corrected chi connectivity index (χ0v) is 10.7. The van der Waals surface area contributed by atoms with Crippen molar-refractivity contribution in [1.82, 2.24) is 10.6 Å². The fraction of sp³-hybridized carbons (Fsp3) is 0.364. The van der Waals surface area contributed by atoms with Crippen molar-refractivity contribution >= 4 is 21.8 Å². The highest BCUT2D eigenvalue weighted by atomic mass is 79.9. The maximum atomic E-state index is 11.1. The summed E-state index contributed by atoms with van der Waals surface area (Å²) in [6.45, 7) is 3.42. The fourth-order valence-corrected chi connectivity index (χ4v) is 1.67. The molecule has 0 spiro atoms. The number of phenolic OH excluding ortho intramolecular Hbond substituents is 1. The first kappa shape index (κ1) is 13.0. The third-order valence-electron chi connectivity index (χ3n) is 2.00. The predicted octanol–water partition coefficient (Wildman–Crippen LogP) is 1.38. The van der Waals surface area contributed by atoms with E-state index in [0.717, 1.165) is 5.56 Å². The van der Waals surface area contributed by atoms with E-state index in [1.807, 2.05) is 19.1 Å². The van der Waals surface area contributed by atoms with E-state index in [4.69, 9.17) is 0 Å². The second-order valence-electron chi connectivity index (χ2n) is 3.34. The number of halogens is 1. The number of carbonyl (C=O) groups excluding carboxylic acids is 1. The molecule has 0 unspecified atom stereocenters. The Labute approximate surface area is 103 Å². The lowest BCUT2D eigenvalue weighted by atomic mass is 10.2. The molecule has 0 saturated heterocycles. The summed E-state index contributed by atoms with van der Waals surface area (Å²) < 4.78 is 0.657. The molecule has 0 saturated carbocycles. The topological polar surface area (TPSA) is 61.4 Å². The second-order valence-corrected chi connectivity index (χ2v) is 4.20. The number of hydrogen-bond acceptors (Lipinski definition) is 3. The summed E-state index contributed by atoms with van der Waals surface area (Å²) in [5.74, 6) is 0.202. The number of benzene rings is 1. The molecule has 0 atom stereocenters. The molecule has 0 aromatic heterocycles. The second kappa shape index (κ2) is 6.50. The lowest BCUT2D eigenvalue weighted by Crippen LogP contribution is -2.33. The molecule has 16 heavy (non-hydrogen) atoms. The molecule has 0 aliphatic rings. The highest BCUT2D eigenvalue weighted by Crippen LogP contribution is 2.23.